The molecule has 0 aromatic heterocycles. The Morgan fingerprint density at radius 2 is 2.24 bits per heavy atom. The van der Waals surface area contributed by atoms with Gasteiger partial charge in [-0.25, -0.2) is 4.39 Å². The second-order valence-electron chi connectivity index (χ2n) is 4.22. The molecule has 17 heavy (non-hydrogen) atoms. The minimum Gasteiger partial charge on any atom is -0.321 e. The highest BCUT2D eigenvalue weighted by Crippen LogP contribution is 2.25. The third kappa shape index (κ3) is 3.41. The highest BCUT2D eigenvalue weighted by molar-refractivity contribution is 6.33. The third-order valence-electron chi connectivity index (χ3n) is 2.49. The molecule has 0 aliphatic heterocycles. The standard InChI is InChI=1S/C12H16ClFN2O/c1-3-7-12(2,15)11(17)16-10-8(13)5-4-6-9(10)14/h4-6H,3,7,15H2,1-2H3,(H,16,17). The van der Waals surface area contributed by atoms with E-state index in [1.807, 2.05) is 6.92 Å². The Balaban J connectivity index is 2.88. The molecule has 5 heteroatoms. The molecule has 0 aliphatic rings. The molecule has 1 amide bonds. The maximum absolute atomic E-state index is 13.4. The van der Waals surface area contributed by atoms with E-state index in [-0.39, 0.29) is 10.7 Å². The number of hydrogen-bond acceptors (Lipinski definition) is 2. The van der Waals surface area contributed by atoms with E-state index in [0.717, 1.165) is 6.42 Å². The number of carbonyl (C=O) groups excluding carboxylic acids is 1. The number of carbonyl (C=O) groups is 1. The number of nitrogens with two attached hydrogens (primary N) is 1. The Morgan fingerprint density at radius 3 is 2.76 bits per heavy atom. The zero-order valence-electron chi connectivity index (χ0n) is 9.89. The van der Waals surface area contributed by atoms with Gasteiger partial charge in [0.2, 0.25) is 5.91 Å². The van der Waals surface area contributed by atoms with Crippen molar-refractivity contribution in [2.24, 2.45) is 5.73 Å². The fourth-order valence-electron chi connectivity index (χ4n) is 1.51. The Kier molecular flexibility index (Phi) is 4.48. The predicted molar refractivity (Wildman–Crippen MR) is 67.5 cm³/mol. The Morgan fingerprint density at radius 1 is 1.59 bits per heavy atom. The minimum atomic E-state index is -1.03. The molecule has 1 aromatic rings. The SMILES string of the molecule is CCCC(C)(N)C(=O)Nc1c(F)cccc1Cl. The summed E-state index contributed by atoms with van der Waals surface area (Å²) in [5.74, 6) is -1.01. The quantitative estimate of drug-likeness (QED) is 0.872. The molecule has 1 aromatic carbocycles. The van der Waals surface area contributed by atoms with E-state index in [2.05, 4.69) is 5.32 Å². The molecule has 3 N–H and O–H groups in total. The summed E-state index contributed by atoms with van der Waals surface area (Å²) in [6.07, 6.45) is 1.29. The monoisotopic (exact) mass is 258 g/mol. The average molecular weight is 259 g/mol. The molecule has 0 radical (unpaired) electrons. The number of halogens is 2. The molecule has 1 atom stereocenters. The largest absolute Gasteiger partial charge is 0.321 e. The van der Waals surface area contributed by atoms with Crippen molar-refractivity contribution in [2.45, 2.75) is 32.2 Å². The van der Waals surface area contributed by atoms with Crippen LogP contribution < -0.4 is 11.1 Å². The van der Waals surface area contributed by atoms with E-state index in [1.165, 1.54) is 18.2 Å². The summed E-state index contributed by atoms with van der Waals surface area (Å²) in [6.45, 7) is 3.54. The van der Waals surface area contributed by atoms with Crippen molar-refractivity contribution in [3.8, 4) is 0 Å². The fraction of sp³-hybridized carbons (Fsp3) is 0.417. The molecule has 0 fully saturated rings. The van der Waals surface area contributed by atoms with Gasteiger partial charge in [0.1, 0.15) is 5.82 Å². The van der Waals surface area contributed by atoms with Crippen LogP contribution in [0, 0.1) is 5.82 Å². The smallest absolute Gasteiger partial charge is 0.244 e. The maximum atomic E-state index is 13.4. The van der Waals surface area contributed by atoms with Gasteiger partial charge in [0.25, 0.3) is 0 Å². The molecule has 94 valence electrons. The summed E-state index contributed by atoms with van der Waals surface area (Å²) in [4.78, 5) is 11.9. The second kappa shape index (κ2) is 5.47. The van der Waals surface area contributed by atoms with Crippen LogP contribution in [0.3, 0.4) is 0 Å². The summed E-state index contributed by atoms with van der Waals surface area (Å²) in [5.41, 5.74) is 4.79. The summed E-state index contributed by atoms with van der Waals surface area (Å²) < 4.78 is 13.4. The van der Waals surface area contributed by atoms with Crippen LogP contribution in [-0.4, -0.2) is 11.4 Å². The number of amides is 1. The van der Waals surface area contributed by atoms with Gasteiger partial charge in [-0.2, -0.15) is 0 Å². The van der Waals surface area contributed by atoms with Crippen molar-refractivity contribution < 1.29 is 9.18 Å². The Hall–Kier alpha value is -1.13. The van der Waals surface area contributed by atoms with E-state index in [4.69, 9.17) is 17.3 Å². The van der Waals surface area contributed by atoms with Gasteiger partial charge in [0.15, 0.2) is 0 Å². The minimum absolute atomic E-state index is 0.0213. The van der Waals surface area contributed by atoms with Gasteiger partial charge in [-0.3, -0.25) is 4.79 Å². The number of nitrogens with one attached hydrogen (secondary N) is 1. The van der Waals surface area contributed by atoms with Crippen LogP contribution >= 0.6 is 11.6 Å². The highest BCUT2D eigenvalue weighted by Gasteiger charge is 2.28. The van der Waals surface area contributed by atoms with Crippen LogP contribution in [0.4, 0.5) is 10.1 Å². The van der Waals surface area contributed by atoms with E-state index in [0.29, 0.717) is 6.42 Å². The van der Waals surface area contributed by atoms with Gasteiger partial charge in [0.05, 0.1) is 16.2 Å². The molecule has 0 saturated heterocycles. The molecule has 1 unspecified atom stereocenters. The van der Waals surface area contributed by atoms with E-state index in [9.17, 15) is 9.18 Å². The molecule has 1 rings (SSSR count). The van der Waals surface area contributed by atoms with Crippen molar-refractivity contribution >= 4 is 23.2 Å². The Bertz CT molecular complexity index is 401. The number of para-hydroxylation sites is 1. The lowest BCUT2D eigenvalue weighted by atomic mass is 9.96. The van der Waals surface area contributed by atoms with E-state index >= 15 is 0 Å². The molecule has 0 spiro atoms. The molecular weight excluding hydrogens is 243 g/mol. The zero-order chi connectivity index (χ0) is 13.1. The number of rotatable bonds is 4. The van der Waals surface area contributed by atoms with Crippen LogP contribution in [0.1, 0.15) is 26.7 Å². The van der Waals surface area contributed by atoms with E-state index in [1.54, 1.807) is 6.92 Å². The van der Waals surface area contributed by atoms with Gasteiger partial charge in [0, 0.05) is 0 Å². The maximum Gasteiger partial charge on any atom is 0.244 e. The zero-order valence-corrected chi connectivity index (χ0v) is 10.6. The number of anilines is 1. The van der Waals surface area contributed by atoms with Crippen LogP contribution in [0.5, 0.6) is 0 Å². The van der Waals surface area contributed by atoms with Crippen LogP contribution in [0.2, 0.25) is 5.02 Å². The molecule has 0 aliphatic carbocycles. The normalized spacial score (nSPS) is 14.2. The van der Waals surface area contributed by atoms with E-state index < -0.39 is 17.3 Å². The van der Waals surface area contributed by atoms with Gasteiger partial charge < -0.3 is 11.1 Å². The van der Waals surface area contributed by atoms with Crippen LogP contribution in [0.25, 0.3) is 0 Å². The molecule has 0 bridgehead atoms. The summed E-state index contributed by atoms with van der Waals surface area (Å²) in [7, 11) is 0. The lowest BCUT2D eigenvalue weighted by molar-refractivity contribution is -0.120. The lowest BCUT2D eigenvalue weighted by Crippen LogP contribution is -2.48. The Labute approximate surface area is 105 Å². The number of hydrogen-bond donors (Lipinski definition) is 2. The van der Waals surface area contributed by atoms with Gasteiger partial charge in [-0.1, -0.05) is 31.0 Å². The van der Waals surface area contributed by atoms with Crippen molar-refractivity contribution in [3.63, 3.8) is 0 Å². The van der Waals surface area contributed by atoms with Crippen molar-refractivity contribution in [2.75, 3.05) is 5.32 Å². The van der Waals surface area contributed by atoms with Crippen molar-refractivity contribution in [1.29, 1.82) is 0 Å². The van der Waals surface area contributed by atoms with Gasteiger partial charge in [-0.05, 0) is 25.5 Å². The second-order valence-corrected chi connectivity index (χ2v) is 4.63. The first-order chi connectivity index (χ1) is 7.88. The molecule has 0 heterocycles. The summed E-state index contributed by atoms with van der Waals surface area (Å²) in [6, 6.07) is 4.21. The molecule has 3 nitrogen and oxygen atoms in total. The van der Waals surface area contributed by atoms with Crippen LogP contribution in [0.15, 0.2) is 18.2 Å². The van der Waals surface area contributed by atoms with Crippen molar-refractivity contribution in [1.82, 2.24) is 0 Å². The van der Waals surface area contributed by atoms with Crippen LogP contribution in [-0.2, 0) is 4.79 Å². The molecular formula is C12H16ClFN2O. The summed E-state index contributed by atoms with van der Waals surface area (Å²) >= 11 is 5.81. The fourth-order valence-corrected chi connectivity index (χ4v) is 1.72. The lowest BCUT2D eigenvalue weighted by Gasteiger charge is -2.23. The third-order valence-corrected chi connectivity index (χ3v) is 2.80. The summed E-state index contributed by atoms with van der Waals surface area (Å²) in [5, 5.41) is 2.59. The van der Waals surface area contributed by atoms with Crippen molar-refractivity contribution in [3.05, 3.63) is 29.0 Å². The first-order valence-corrected chi connectivity index (χ1v) is 5.80. The first kappa shape index (κ1) is 13.9. The predicted octanol–water partition coefficient (Wildman–Crippen LogP) is 2.94. The average Bonchev–Trinajstić information content (AvgIpc) is 2.23. The van der Waals surface area contributed by atoms with Gasteiger partial charge >= 0.3 is 0 Å². The molecule has 0 saturated carbocycles. The van der Waals surface area contributed by atoms with Gasteiger partial charge in [-0.15, -0.1) is 0 Å². The highest BCUT2D eigenvalue weighted by atomic mass is 35.5. The number of benzene rings is 1. The topological polar surface area (TPSA) is 55.1 Å². The first-order valence-electron chi connectivity index (χ1n) is 5.43.